The van der Waals surface area contributed by atoms with Gasteiger partial charge in [0.15, 0.2) is 5.58 Å². The number of furan rings is 1. The van der Waals surface area contributed by atoms with E-state index < -0.39 is 5.63 Å². The normalized spacial score (nSPS) is 11.5. The molecule has 0 spiro atoms. The molecule has 4 rings (SSSR count). The Hall–Kier alpha value is -2.95. The van der Waals surface area contributed by atoms with E-state index in [2.05, 4.69) is 0 Å². The van der Waals surface area contributed by atoms with Crippen molar-refractivity contribution in [3.63, 3.8) is 0 Å². The zero-order valence-corrected chi connectivity index (χ0v) is 11.0. The van der Waals surface area contributed by atoms with Gasteiger partial charge in [0.25, 0.3) is 0 Å². The first-order valence-corrected chi connectivity index (χ1v) is 6.34. The first-order valence-electron chi connectivity index (χ1n) is 6.34. The highest BCUT2D eigenvalue weighted by molar-refractivity contribution is 6.14. The van der Waals surface area contributed by atoms with Gasteiger partial charge in [-0.2, -0.15) is 0 Å². The molecule has 0 aliphatic heterocycles. The molecule has 21 heavy (non-hydrogen) atoms. The van der Waals surface area contributed by atoms with E-state index in [0.717, 1.165) is 0 Å². The summed E-state index contributed by atoms with van der Waals surface area (Å²) >= 11 is 0. The molecule has 2 aromatic carbocycles. The largest absolute Gasteiger partial charge is 0.507 e. The second-order valence-corrected chi connectivity index (χ2v) is 4.71. The molecule has 0 saturated heterocycles. The Morgan fingerprint density at radius 1 is 1.05 bits per heavy atom. The molecule has 2 aromatic heterocycles. The van der Waals surface area contributed by atoms with Crippen molar-refractivity contribution in [1.82, 2.24) is 0 Å². The SMILES string of the molecule is COc1cc(O)c2c(c1)oc(=O)c1c3ccccc3oc21. The van der Waals surface area contributed by atoms with Gasteiger partial charge in [-0.3, -0.25) is 0 Å². The summed E-state index contributed by atoms with van der Waals surface area (Å²) in [5, 5.41) is 11.6. The van der Waals surface area contributed by atoms with E-state index >= 15 is 0 Å². The summed E-state index contributed by atoms with van der Waals surface area (Å²) in [5.74, 6) is 0.343. The fourth-order valence-electron chi connectivity index (χ4n) is 2.58. The molecule has 0 fully saturated rings. The molecule has 5 nitrogen and oxygen atoms in total. The number of hydrogen-bond donors (Lipinski definition) is 1. The average molecular weight is 282 g/mol. The van der Waals surface area contributed by atoms with Crippen molar-refractivity contribution < 1.29 is 18.7 Å². The van der Waals surface area contributed by atoms with Gasteiger partial charge in [0.2, 0.25) is 0 Å². The van der Waals surface area contributed by atoms with Gasteiger partial charge >= 0.3 is 5.63 Å². The highest BCUT2D eigenvalue weighted by Crippen LogP contribution is 2.37. The lowest BCUT2D eigenvalue weighted by Crippen LogP contribution is -1.98. The third-order valence-electron chi connectivity index (χ3n) is 3.52. The molecule has 0 saturated carbocycles. The second-order valence-electron chi connectivity index (χ2n) is 4.71. The van der Waals surface area contributed by atoms with Crippen LogP contribution in [0.15, 0.2) is 50.0 Å². The van der Waals surface area contributed by atoms with Crippen molar-refractivity contribution in [3.05, 3.63) is 46.8 Å². The Morgan fingerprint density at radius 3 is 2.67 bits per heavy atom. The molecule has 4 aromatic rings. The van der Waals surface area contributed by atoms with Crippen LogP contribution >= 0.6 is 0 Å². The molecule has 0 atom stereocenters. The minimum atomic E-state index is -0.505. The van der Waals surface area contributed by atoms with Crippen molar-refractivity contribution >= 4 is 32.9 Å². The molecular weight excluding hydrogens is 272 g/mol. The number of ether oxygens (including phenoxy) is 1. The first kappa shape index (κ1) is 11.8. The quantitative estimate of drug-likeness (QED) is 0.542. The Labute approximate surface area is 118 Å². The van der Waals surface area contributed by atoms with E-state index in [1.54, 1.807) is 18.2 Å². The predicted octanol–water partition coefficient (Wildman–Crippen LogP) is 3.41. The fraction of sp³-hybridized carbons (Fsp3) is 0.0625. The minimum absolute atomic E-state index is 0.0582. The van der Waals surface area contributed by atoms with E-state index in [-0.39, 0.29) is 11.3 Å². The number of para-hydroxylation sites is 1. The number of hydrogen-bond acceptors (Lipinski definition) is 5. The van der Waals surface area contributed by atoms with Crippen LogP contribution in [0.4, 0.5) is 0 Å². The number of phenols is 1. The van der Waals surface area contributed by atoms with Crippen molar-refractivity contribution in [1.29, 1.82) is 0 Å². The zero-order chi connectivity index (χ0) is 14.6. The number of fused-ring (bicyclic) bond motifs is 5. The Kier molecular flexibility index (Phi) is 2.27. The molecule has 0 bridgehead atoms. The van der Waals surface area contributed by atoms with Crippen LogP contribution in [0.25, 0.3) is 32.9 Å². The van der Waals surface area contributed by atoms with E-state index in [1.165, 1.54) is 13.2 Å². The molecule has 104 valence electrons. The number of aromatic hydroxyl groups is 1. The Morgan fingerprint density at radius 2 is 1.86 bits per heavy atom. The van der Waals surface area contributed by atoms with E-state index in [4.69, 9.17) is 13.6 Å². The molecule has 0 aliphatic carbocycles. The second kappa shape index (κ2) is 4.02. The van der Waals surface area contributed by atoms with Crippen LogP contribution in [0.1, 0.15) is 0 Å². The summed E-state index contributed by atoms with van der Waals surface area (Å²) in [5.41, 5.74) is 0.614. The molecule has 5 heteroatoms. The lowest BCUT2D eigenvalue weighted by molar-refractivity contribution is 0.407. The number of methoxy groups -OCH3 is 1. The molecule has 1 N–H and O–H groups in total. The van der Waals surface area contributed by atoms with Crippen molar-refractivity contribution in [2.45, 2.75) is 0 Å². The highest BCUT2D eigenvalue weighted by atomic mass is 16.5. The van der Waals surface area contributed by atoms with Crippen molar-refractivity contribution in [2.75, 3.05) is 7.11 Å². The summed E-state index contributed by atoms with van der Waals surface area (Å²) < 4.78 is 16.1. The summed E-state index contributed by atoms with van der Waals surface area (Å²) in [4.78, 5) is 12.2. The highest BCUT2D eigenvalue weighted by Gasteiger charge is 2.18. The maximum Gasteiger partial charge on any atom is 0.348 e. The third-order valence-corrected chi connectivity index (χ3v) is 3.52. The van der Waals surface area contributed by atoms with Crippen molar-refractivity contribution in [2.24, 2.45) is 0 Å². The maximum absolute atomic E-state index is 12.2. The summed E-state index contributed by atoms with van der Waals surface area (Å²) in [6.07, 6.45) is 0. The monoisotopic (exact) mass is 282 g/mol. The lowest BCUT2D eigenvalue weighted by Gasteiger charge is -2.04. The Balaban J connectivity index is 2.31. The standard InChI is InChI=1S/C16H10O5/c1-19-8-6-10(17)14-12(7-8)21-16(18)13-9-4-2-3-5-11(9)20-15(13)14/h2-7,17H,1H3. The zero-order valence-electron chi connectivity index (χ0n) is 11.0. The summed E-state index contributed by atoms with van der Waals surface area (Å²) in [7, 11) is 1.47. The average Bonchev–Trinajstić information content (AvgIpc) is 2.86. The molecule has 0 aliphatic rings. The summed E-state index contributed by atoms with van der Waals surface area (Å²) in [6, 6.07) is 10.2. The van der Waals surface area contributed by atoms with Crippen LogP contribution in [0, 0.1) is 0 Å². The van der Waals surface area contributed by atoms with Crippen LogP contribution in [0.3, 0.4) is 0 Å². The maximum atomic E-state index is 12.2. The number of phenolic OH excluding ortho intramolecular Hbond substituents is 1. The van der Waals surface area contributed by atoms with E-state index in [1.807, 2.05) is 12.1 Å². The minimum Gasteiger partial charge on any atom is -0.507 e. The van der Waals surface area contributed by atoms with Gasteiger partial charge < -0.3 is 18.7 Å². The first-order chi connectivity index (χ1) is 10.2. The molecule has 0 unspecified atom stereocenters. The molecule has 0 amide bonds. The van der Waals surface area contributed by atoms with E-state index in [0.29, 0.717) is 33.1 Å². The van der Waals surface area contributed by atoms with Crippen LogP contribution in [0.2, 0.25) is 0 Å². The predicted molar refractivity (Wildman–Crippen MR) is 78.0 cm³/mol. The number of benzene rings is 2. The van der Waals surface area contributed by atoms with Crippen LogP contribution < -0.4 is 10.4 Å². The Bertz CT molecular complexity index is 1060. The molecule has 0 radical (unpaired) electrons. The van der Waals surface area contributed by atoms with Crippen LogP contribution in [-0.4, -0.2) is 12.2 Å². The molecule has 2 heterocycles. The van der Waals surface area contributed by atoms with Gasteiger partial charge in [0.1, 0.15) is 33.4 Å². The summed E-state index contributed by atoms with van der Waals surface area (Å²) in [6.45, 7) is 0. The van der Waals surface area contributed by atoms with Gasteiger partial charge in [0.05, 0.1) is 7.11 Å². The van der Waals surface area contributed by atoms with Crippen molar-refractivity contribution in [3.8, 4) is 11.5 Å². The molecular formula is C16H10O5. The third kappa shape index (κ3) is 1.54. The smallest absolute Gasteiger partial charge is 0.348 e. The van der Waals surface area contributed by atoms with Gasteiger partial charge in [-0.05, 0) is 6.07 Å². The van der Waals surface area contributed by atoms with Crippen LogP contribution in [-0.2, 0) is 0 Å². The van der Waals surface area contributed by atoms with Gasteiger partial charge in [-0.1, -0.05) is 18.2 Å². The topological polar surface area (TPSA) is 72.8 Å². The van der Waals surface area contributed by atoms with Gasteiger partial charge in [-0.15, -0.1) is 0 Å². The van der Waals surface area contributed by atoms with Gasteiger partial charge in [-0.25, -0.2) is 4.79 Å². The lowest BCUT2D eigenvalue weighted by atomic mass is 10.1. The number of rotatable bonds is 1. The van der Waals surface area contributed by atoms with E-state index in [9.17, 15) is 9.90 Å². The fourth-order valence-corrected chi connectivity index (χ4v) is 2.58. The van der Waals surface area contributed by atoms with Crippen LogP contribution in [0.5, 0.6) is 11.5 Å². The van der Waals surface area contributed by atoms with Gasteiger partial charge in [0, 0.05) is 17.5 Å².